The fourth-order valence-corrected chi connectivity index (χ4v) is 3.87. The number of amides is 4. The molecule has 8 heteroatoms. The lowest BCUT2D eigenvalue weighted by atomic mass is 9.95. The van der Waals surface area contributed by atoms with Crippen molar-refractivity contribution in [2.45, 2.75) is 57.0 Å². The van der Waals surface area contributed by atoms with Crippen molar-refractivity contribution in [2.75, 3.05) is 18.4 Å². The lowest BCUT2D eigenvalue weighted by Crippen LogP contribution is -2.52. The average molecular weight is 351 g/mol. The Kier molecular flexibility index (Phi) is 5.90. The first-order chi connectivity index (χ1) is 11.7. The second kappa shape index (κ2) is 8.32. The van der Waals surface area contributed by atoms with Gasteiger partial charge in [0.15, 0.2) is 5.13 Å². The third-order valence-electron chi connectivity index (χ3n) is 4.70. The minimum absolute atomic E-state index is 0.0487. The van der Waals surface area contributed by atoms with Crippen molar-refractivity contribution in [1.82, 2.24) is 20.5 Å². The number of hydrogen-bond acceptors (Lipinski definition) is 4. The molecule has 3 rings (SSSR count). The molecule has 1 aromatic rings. The first kappa shape index (κ1) is 17.0. The van der Waals surface area contributed by atoms with Gasteiger partial charge in [-0.2, -0.15) is 0 Å². The molecule has 4 amide bonds. The van der Waals surface area contributed by atoms with E-state index in [9.17, 15) is 9.59 Å². The molecule has 1 saturated carbocycles. The van der Waals surface area contributed by atoms with Gasteiger partial charge in [0, 0.05) is 36.8 Å². The molecule has 0 atom stereocenters. The normalized spacial score (nSPS) is 19.8. The van der Waals surface area contributed by atoms with Crippen LogP contribution in [0, 0.1) is 0 Å². The predicted octanol–water partition coefficient (Wildman–Crippen LogP) is 2.77. The molecule has 1 aliphatic carbocycles. The van der Waals surface area contributed by atoms with Crippen LogP contribution in [0.5, 0.6) is 0 Å². The first-order valence-electron chi connectivity index (χ1n) is 8.73. The van der Waals surface area contributed by atoms with Crippen LogP contribution < -0.4 is 16.0 Å². The summed E-state index contributed by atoms with van der Waals surface area (Å²) in [6.45, 7) is 1.36. The van der Waals surface area contributed by atoms with E-state index in [1.54, 1.807) is 6.20 Å². The van der Waals surface area contributed by atoms with Gasteiger partial charge in [-0.25, -0.2) is 14.6 Å². The Morgan fingerprint density at radius 3 is 2.42 bits per heavy atom. The zero-order chi connectivity index (χ0) is 16.8. The zero-order valence-corrected chi connectivity index (χ0v) is 14.6. The van der Waals surface area contributed by atoms with Gasteiger partial charge in [0.1, 0.15) is 0 Å². The molecule has 132 valence electrons. The molecule has 0 spiro atoms. The number of urea groups is 2. The average Bonchev–Trinajstić information content (AvgIpc) is 3.09. The number of likely N-dealkylation sites (tertiary alicyclic amines) is 1. The third-order valence-corrected chi connectivity index (χ3v) is 5.39. The molecule has 2 fully saturated rings. The largest absolute Gasteiger partial charge is 0.335 e. The molecule has 0 bridgehead atoms. The van der Waals surface area contributed by atoms with Crippen LogP contribution in [0.4, 0.5) is 14.7 Å². The van der Waals surface area contributed by atoms with Gasteiger partial charge in [-0.05, 0) is 25.7 Å². The Hall–Kier alpha value is -1.83. The lowest BCUT2D eigenvalue weighted by Gasteiger charge is -2.34. The van der Waals surface area contributed by atoms with Crippen LogP contribution in [0.2, 0.25) is 0 Å². The fourth-order valence-electron chi connectivity index (χ4n) is 3.34. The van der Waals surface area contributed by atoms with Crippen LogP contribution in [0.15, 0.2) is 11.6 Å². The van der Waals surface area contributed by atoms with Crippen molar-refractivity contribution in [3.63, 3.8) is 0 Å². The van der Waals surface area contributed by atoms with Gasteiger partial charge >= 0.3 is 12.1 Å². The summed E-state index contributed by atoms with van der Waals surface area (Å²) in [5.41, 5.74) is 0. The number of carbonyl (C=O) groups is 2. The number of hydrogen-bond donors (Lipinski definition) is 3. The van der Waals surface area contributed by atoms with Crippen LogP contribution in [0.3, 0.4) is 0 Å². The summed E-state index contributed by atoms with van der Waals surface area (Å²) in [6, 6.07) is 0.262. The number of thiazole rings is 1. The summed E-state index contributed by atoms with van der Waals surface area (Å²) in [4.78, 5) is 30.1. The molecule has 0 aromatic carbocycles. The van der Waals surface area contributed by atoms with Crippen molar-refractivity contribution in [3.05, 3.63) is 11.6 Å². The molecule has 1 aliphatic heterocycles. The molecule has 3 N–H and O–H groups in total. The molecular weight excluding hydrogens is 326 g/mol. The maximum absolute atomic E-state index is 12.3. The predicted molar refractivity (Wildman–Crippen MR) is 94.3 cm³/mol. The summed E-state index contributed by atoms with van der Waals surface area (Å²) >= 11 is 1.39. The van der Waals surface area contributed by atoms with Gasteiger partial charge in [-0.3, -0.25) is 5.32 Å². The van der Waals surface area contributed by atoms with E-state index in [4.69, 9.17) is 0 Å². The number of carbonyl (C=O) groups excluding carboxylic acids is 2. The quantitative estimate of drug-likeness (QED) is 0.782. The molecule has 0 unspecified atom stereocenters. The molecule has 1 saturated heterocycles. The second-order valence-corrected chi connectivity index (χ2v) is 7.38. The van der Waals surface area contributed by atoms with Crippen LogP contribution in [-0.2, 0) is 0 Å². The summed E-state index contributed by atoms with van der Waals surface area (Å²) in [5, 5.41) is 11.2. The Labute approximate surface area is 146 Å². The SMILES string of the molecule is O=C(Nc1nccs1)NC1CCN(C(=O)NC2CCCCC2)CC1. The van der Waals surface area contributed by atoms with Crippen molar-refractivity contribution >= 4 is 28.5 Å². The summed E-state index contributed by atoms with van der Waals surface area (Å²) in [6.07, 6.45) is 9.13. The third kappa shape index (κ3) is 4.83. The highest BCUT2D eigenvalue weighted by molar-refractivity contribution is 7.13. The fraction of sp³-hybridized carbons (Fsp3) is 0.688. The van der Waals surface area contributed by atoms with Crippen LogP contribution in [0.1, 0.15) is 44.9 Å². The molecule has 1 aromatic heterocycles. The van der Waals surface area contributed by atoms with E-state index in [0.717, 1.165) is 25.7 Å². The van der Waals surface area contributed by atoms with E-state index < -0.39 is 0 Å². The van der Waals surface area contributed by atoms with Gasteiger partial charge in [-0.1, -0.05) is 19.3 Å². The number of nitrogens with zero attached hydrogens (tertiary/aromatic N) is 2. The molecule has 0 radical (unpaired) electrons. The topological polar surface area (TPSA) is 86.4 Å². The smallest absolute Gasteiger partial charge is 0.321 e. The summed E-state index contributed by atoms with van der Waals surface area (Å²) in [5.74, 6) is 0. The van der Waals surface area contributed by atoms with E-state index in [2.05, 4.69) is 20.9 Å². The van der Waals surface area contributed by atoms with Crippen molar-refractivity contribution in [3.8, 4) is 0 Å². The van der Waals surface area contributed by atoms with E-state index in [-0.39, 0.29) is 18.1 Å². The number of aromatic nitrogens is 1. The van der Waals surface area contributed by atoms with E-state index in [1.165, 1.54) is 30.6 Å². The van der Waals surface area contributed by atoms with E-state index >= 15 is 0 Å². The molecule has 7 nitrogen and oxygen atoms in total. The van der Waals surface area contributed by atoms with Gasteiger partial charge in [0.25, 0.3) is 0 Å². The van der Waals surface area contributed by atoms with Gasteiger partial charge < -0.3 is 15.5 Å². The second-order valence-electron chi connectivity index (χ2n) is 6.48. The van der Waals surface area contributed by atoms with Crippen LogP contribution >= 0.6 is 11.3 Å². The minimum Gasteiger partial charge on any atom is -0.335 e. The molecule has 2 heterocycles. The Balaban J connectivity index is 1.37. The Morgan fingerprint density at radius 1 is 1.04 bits per heavy atom. The van der Waals surface area contributed by atoms with E-state index in [1.807, 2.05) is 10.3 Å². The van der Waals surface area contributed by atoms with Gasteiger partial charge in [0.05, 0.1) is 0 Å². The minimum atomic E-state index is -0.227. The van der Waals surface area contributed by atoms with E-state index in [0.29, 0.717) is 24.3 Å². The van der Waals surface area contributed by atoms with Crippen LogP contribution in [-0.4, -0.2) is 47.1 Å². The standard InChI is InChI=1S/C16H25N5O2S/c22-14(20-15-17-8-11-24-15)18-13-6-9-21(10-7-13)16(23)19-12-4-2-1-3-5-12/h8,11-13H,1-7,9-10H2,(H,19,23)(H2,17,18,20,22). The first-order valence-corrected chi connectivity index (χ1v) is 9.61. The zero-order valence-electron chi connectivity index (χ0n) is 13.8. The van der Waals surface area contributed by atoms with Crippen molar-refractivity contribution in [1.29, 1.82) is 0 Å². The van der Waals surface area contributed by atoms with Gasteiger partial charge in [0.2, 0.25) is 0 Å². The number of nitrogens with one attached hydrogen (secondary N) is 3. The maximum atomic E-state index is 12.3. The summed E-state index contributed by atoms with van der Waals surface area (Å²) in [7, 11) is 0. The number of piperidine rings is 1. The Morgan fingerprint density at radius 2 is 1.75 bits per heavy atom. The number of anilines is 1. The monoisotopic (exact) mass is 351 g/mol. The highest BCUT2D eigenvalue weighted by atomic mass is 32.1. The van der Waals surface area contributed by atoms with Crippen molar-refractivity contribution < 1.29 is 9.59 Å². The van der Waals surface area contributed by atoms with Crippen LogP contribution in [0.25, 0.3) is 0 Å². The Bertz CT molecular complexity index is 537. The summed E-state index contributed by atoms with van der Waals surface area (Å²) < 4.78 is 0. The molecular formula is C16H25N5O2S. The maximum Gasteiger partial charge on any atom is 0.321 e. The number of rotatable bonds is 3. The van der Waals surface area contributed by atoms with Gasteiger partial charge in [-0.15, -0.1) is 11.3 Å². The highest BCUT2D eigenvalue weighted by Gasteiger charge is 2.25. The molecule has 2 aliphatic rings. The lowest BCUT2D eigenvalue weighted by molar-refractivity contribution is 0.170. The molecule has 24 heavy (non-hydrogen) atoms. The van der Waals surface area contributed by atoms with Crippen molar-refractivity contribution in [2.24, 2.45) is 0 Å². The highest BCUT2D eigenvalue weighted by Crippen LogP contribution is 2.18.